The standard InChI is InChI=1S/C34H33N3O5S2/c1-22-18-27(21-26-8-10-35-31(22)26)28-19-24(4-7-29(28)42-17-14-36-12-15-41-16-13-36)20-30-32(38)37(34(43)44-30)11-9-23-2-5-25(6-3-23)33(39)40/h2-8,10,18-21,35H,9,11-17H2,1H3,(H,39,40). The summed E-state index contributed by atoms with van der Waals surface area (Å²) in [6, 6.07) is 19.1. The molecule has 0 saturated carbocycles. The lowest BCUT2D eigenvalue weighted by Gasteiger charge is -2.26. The summed E-state index contributed by atoms with van der Waals surface area (Å²) >= 11 is 6.87. The van der Waals surface area contributed by atoms with E-state index in [1.165, 1.54) is 11.8 Å². The molecule has 2 aliphatic rings. The average Bonchev–Trinajstić information content (AvgIpc) is 3.61. The fourth-order valence-corrected chi connectivity index (χ4v) is 6.82. The summed E-state index contributed by atoms with van der Waals surface area (Å²) in [4.78, 5) is 32.4. The minimum atomic E-state index is -0.963. The van der Waals surface area contributed by atoms with Crippen LogP contribution >= 0.6 is 24.0 Å². The summed E-state index contributed by atoms with van der Waals surface area (Å²) in [5.41, 5.74) is 6.33. The zero-order chi connectivity index (χ0) is 30.6. The van der Waals surface area contributed by atoms with Crippen LogP contribution in [0.4, 0.5) is 0 Å². The molecule has 2 fully saturated rings. The molecule has 1 amide bonds. The second-order valence-corrected chi connectivity index (χ2v) is 12.6. The Morgan fingerprint density at radius 3 is 2.66 bits per heavy atom. The molecule has 0 spiro atoms. The third kappa shape index (κ3) is 6.73. The Morgan fingerprint density at radius 1 is 1.09 bits per heavy atom. The molecular formula is C34H33N3O5S2. The van der Waals surface area contributed by atoms with Crippen LogP contribution < -0.4 is 4.74 Å². The van der Waals surface area contributed by atoms with Crippen LogP contribution in [0.1, 0.15) is 27.0 Å². The number of aromatic nitrogens is 1. The zero-order valence-electron chi connectivity index (χ0n) is 24.4. The Balaban J connectivity index is 1.22. The fourth-order valence-electron chi connectivity index (χ4n) is 5.51. The van der Waals surface area contributed by atoms with E-state index in [2.05, 4.69) is 41.1 Å². The number of morpholine rings is 1. The molecule has 2 aliphatic heterocycles. The van der Waals surface area contributed by atoms with E-state index in [1.54, 1.807) is 29.2 Å². The molecule has 226 valence electrons. The number of fused-ring (bicyclic) bond motifs is 1. The van der Waals surface area contributed by atoms with Gasteiger partial charge in [0.1, 0.15) is 16.7 Å². The Hall–Kier alpha value is -3.96. The number of carbonyl (C=O) groups is 2. The smallest absolute Gasteiger partial charge is 0.335 e. The van der Waals surface area contributed by atoms with Crippen LogP contribution in [0.25, 0.3) is 28.1 Å². The molecule has 44 heavy (non-hydrogen) atoms. The van der Waals surface area contributed by atoms with E-state index in [-0.39, 0.29) is 11.5 Å². The quantitative estimate of drug-likeness (QED) is 0.163. The molecule has 2 N–H and O–H groups in total. The summed E-state index contributed by atoms with van der Waals surface area (Å²) < 4.78 is 12.3. The first-order valence-electron chi connectivity index (χ1n) is 14.6. The number of H-pyrrole nitrogens is 1. The third-order valence-electron chi connectivity index (χ3n) is 7.94. The van der Waals surface area contributed by atoms with Gasteiger partial charge in [-0.2, -0.15) is 0 Å². The van der Waals surface area contributed by atoms with Crippen molar-refractivity contribution in [1.82, 2.24) is 14.8 Å². The number of benzene rings is 3. The molecule has 8 nitrogen and oxygen atoms in total. The summed E-state index contributed by atoms with van der Waals surface area (Å²) in [6.07, 6.45) is 4.41. The number of carboxylic acids is 1. The second kappa shape index (κ2) is 13.4. The number of ether oxygens (including phenoxy) is 2. The van der Waals surface area contributed by atoms with Gasteiger partial charge in [-0.15, -0.1) is 0 Å². The van der Waals surface area contributed by atoms with Gasteiger partial charge in [-0.25, -0.2) is 4.79 Å². The van der Waals surface area contributed by atoms with Gasteiger partial charge in [-0.3, -0.25) is 14.6 Å². The number of nitrogens with zero attached hydrogens (tertiary/aromatic N) is 2. The van der Waals surface area contributed by atoms with E-state index in [0.29, 0.717) is 28.8 Å². The van der Waals surface area contributed by atoms with Crippen LogP contribution in [0.5, 0.6) is 5.75 Å². The van der Waals surface area contributed by atoms with E-state index in [0.717, 1.165) is 77.3 Å². The molecule has 0 aliphatic carbocycles. The molecule has 1 aromatic heterocycles. The summed E-state index contributed by atoms with van der Waals surface area (Å²) in [7, 11) is 0. The first-order valence-corrected chi connectivity index (χ1v) is 15.8. The van der Waals surface area contributed by atoms with Gasteiger partial charge in [0.25, 0.3) is 5.91 Å². The Labute approximate surface area is 265 Å². The van der Waals surface area contributed by atoms with E-state index in [1.807, 2.05) is 24.4 Å². The number of thiocarbonyl (C=S) groups is 1. The summed E-state index contributed by atoms with van der Waals surface area (Å²) in [6.45, 7) is 7.23. The predicted octanol–water partition coefficient (Wildman–Crippen LogP) is 6.00. The van der Waals surface area contributed by atoms with Crippen molar-refractivity contribution >= 4 is 57.2 Å². The van der Waals surface area contributed by atoms with Crippen molar-refractivity contribution in [1.29, 1.82) is 0 Å². The van der Waals surface area contributed by atoms with Crippen LogP contribution in [-0.2, 0) is 16.0 Å². The molecule has 0 bridgehead atoms. The number of amides is 1. The van der Waals surface area contributed by atoms with Gasteiger partial charge in [0.05, 0.1) is 23.7 Å². The number of hydrogen-bond donors (Lipinski definition) is 2. The zero-order valence-corrected chi connectivity index (χ0v) is 26.0. The predicted molar refractivity (Wildman–Crippen MR) is 178 cm³/mol. The van der Waals surface area contributed by atoms with Crippen LogP contribution in [0.15, 0.2) is 71.8 Å². The van der Waals surface area contributed by atoms with Crippen molar-refractivity contribution in [2.75, 3.05) is 46.0 Å². The molecule has 4 aromatic rings. The van der Waals surface area contributed by atoms with Gasteiger partial charge < -0.3 is 19.6 Å². The van der Waals surface area contributed by atoms with Gasteiger partial charge in [0.2, 0.25) is 0 Å². The molecule has 2 saturated heterocycles. The Kier molecular flexibility index (Phi) is 9.13. The number of thioether (sulfide) groups is 1. The first kappa shape index (κ1) is 30.1. The number of aromatic amines is 1. The van der Waals surface area contributed by atoms with Gasteiger partial charge in [-0.05, 0) is 84.1 Å². The lowest BCUT2D eigenvalue weighted by Crippen LogP contribution is -2.38. The summed E-state index contributed by atoms with van der Waals surface area (Å²) in [5.74, 6) is -0.292. The molecule has 3 heterocycles. The van der Waals surface area contributed by atoms with Crippen LogP contribution in [0, 0.1) is 6.92 Å². The molecule has 0 atom stereocenters. The van der Waals surface area contributed by atoms with Gasteiger partial charge in [0.15, 0.2) is 0 Å². The van der Waals surface area contributed by atoms with Crippen LogP contribution in [0.3, 0.4) is 0 Å². The van der Waals surface area contributed by atoms with Gasteiger partial charge in [-0.1, -0.05) is 42.2 Å². The highest BCUT2D eigenvalue weighted by molar-refractivity contribution is 8.26. The van der Waals surface area contributed by atoms with Gasteiger partial charge >= 0.3 is 5.97 Å². The number of rotatable bonds is 10. The molecular weight excluding hydrogens is 595 g/mol. The fraction of sp³-hybridized carbons (Fsp3) is 0.265. The Bertz CT molecular complexity index is 1740. The molecule has 0 radical (unpaired) electrons. The van der Waals surface area contributed by atoms with Crippen molar-refractivity contribution in [3.8, 4) is 16.9 Å². The van der Waals surface area contributed by atoms with E-state index < -0.39 is 5.97 Å². The molecule has 6 rings (SSSR count). The monoisotopic (exact) mass is 627 g/mol. The highest BCUT2D eigenvalue weighted by Crippen LogP contribution is 2.37. The minimum absolute atomic E-state index is 0.126. The molecule has 10 heteroatoms. The van der Waals surface area contributed by atoms with Crippen LogP contribution in [0.2, 0.25) is 0 Å². The number of hydrogen-bond acceptors (Lipinski definition) is 7. The third-order valence-corrected chi connectivity index (χ3v) is 9.31. The van der Waals surface area contributed by atoms with E-state index in [9.17, 15) is 9.59 Å². The number of carbonyl (C=O) groups excluding carboxylic acids is 1. The number of aromatic carboxylic acids is 1. The maximum atomic E-state index is 13.4. The van der Waals surface area contributed by atoms with Crippen molar-refractivity contribution < 1.29 is 24.2 Å². The Morgan fingerprint density at radius 2 is 1.89 bits per heavy atom. The highest BCUT2D eigenvalue weighted by atomic mass is 32.2. The summed E-state index contributed by atoms with van der Waals surface area (Å²) in [5, 5.41) is 10.3. The number of carboxylic acid groups (broad SMARTS) is 1. The van der Waals surface area contributed by atoms with E-state index in [4.69, 9.17) is 26.8 Å². The minimum Gasteiger partial charge on any atom is -0.492 e. The lowest BCUT2D eigenvalue weighted by atomic mass is 9.98. The van der Waals surface area contributed by atoms with Crippen molar-refractivity contribution in [2.45, 2.75) is 13.3 Å². The maximum absolute atomic E-state index is 13.4. The number of nitrogens with one attached hydrogen (secondary N) is 1. The normalized spacial score (nSPS) is 16.8. The topological polar surface area (TPSA) is 95.1 Å². The van der Waals surface area contributed by atoms with Crippen molar-refractivity contribution in [3.63, 3.8) is 0 Å². The highest BCUT2D eigenvalue weighted by Gasteiger charge is 2.31. The second-order valence-electron chi connectivity index (χ2n) is 10.9. The first-order chi connectivity index (χ1) is 21.4. The number of aryl methyl sites for hydroxylation is 1. The van der Waals surface area contributed by atoms with Crippen molar-refractivity contribution in [3.05, 3.63) is 94.0 Å². The van der Waals surface area contributed by atoms with Crippen molar-refractivity contribution in [2.24, 2.45) is 0 Å². The molecule has 3 aromatic carbocycles. The van der Waals surface area contributed by atoms with Crippen LogP contribution in [-0.4, -0.2) is 82.1 Å². The largest absolute Gasteiger partial charge is 0.492 e. The van der Waals surface area contributed by atoms with E-state index >= 15 is 0 Å². The maximum Gasteiger partial charge on any atom is 0.335 e. The molecule has 0 unspecified atom stereocenters. The SMILES string of the molecule is Cc1cc(-c2cc(C=C3SC(=S)N(CCc4ccc(C(=O)O)cc4)C3=O)ccc2OCCN2CCOCC2)cc2cc[nH]c12. The average molecular weight is 628 g/mol. The van der Waals surface area contributed by atoms with Gasteiger partial charge in [0, 0.05) is 48.8 Å². The lowest BCUT2D eigenvalue weighted by molar-refractivity contribution is -0.122.